The smallest absolute Gasteiger partial charge is 0.389 e. The molecule has 0 aliphatic heterocycles. The molecule has 0 amide bonds. The molecule has 1 aliphatic rings. The Bertz CT molecular complexity index is 835. The summed E-state index contributed by atoms with van der Waals surface area (Å²) in [7, 11) is 0. The Labute approximate surface area is 170 Å². The van der Waals surface area contributed by atoms with Gasteiger partial charge < -0.3 is 14.6 Å². The van der Waals surface area contributed by atoms with E-state index in [1.165, 1.54) is 5.56 Å². The van der Waals surface area contributed by atoms with Crippen LogP contribution >= 0.6 is 0 Å². The third-order valence-electron chi connectivity index (χ3n) is 4.40. The molecule has 0 fully saturated rings. The maximum Gasteiger partial charge on any atom is 0.389 e. The number of ether oxygens (including phenoxy) is 2. The molecular formula is C20H21F3O5S. The van der Waals surface area contributed by atoms with Crippen LogP contribution in [0.2, 0.25) is 0 Å². The highest BCUT2D eigenvalue weighted by atomic mass is 32.1. The van der Waals surface area contributed by atoms with Gasteiger partial charge in [-0.1, -0.05) is 18.2 Å². The van der Waals surface area contributed by atoms with Gasteiger partial charge >= 0.3 is 17.7 Å². The summed E-state index contributed by atoms with van der Waals surface area (Å²) in [6, 6.07) is 12.7. The van der Waals surface area contributed by atoms with Gasteiger partial charge in [-0.25, -0.2) is 0 Å². The van der Waals surface area contributed by atoms with E-state index in [0.717, 1.165) is 24.2 Å². The van der Waals surface area contributed by atoms with Gasteiger partial charge in [0.2, 0.25) is 0 Å². The first-order chi connectivity index (χ1) is 13.9. The van der Waals surface area contributed by atoms with Crippen LogP contribution in [0.3, 0.4) is 0 Å². The van der Waals surface area contributed by atoms with Gasteiger partial charge in [-0.2, -0.15) is 21.6 Å². The molecule has 3 rings (SSSR count). The Kier molecular flexibility index (Phi) is 8.66. The van der Waals surface area contributed by atoms with Crippen LogP contribution in [0.25, 0.3) is 0 Å². The molecule has 9 heteroatoms. The first kappa shape index (κ1) is 22.9. The summed E-state index contributed by atoms with van der Waals surface area (Å²) in [6.07, 6.45) is -3.48. The lowest BCUT2D eigenvalue weighted by atomic mass is 10.1. The second kappa shape index (κ2) is 11.0. The van der Waals surface area contributed by atoms with Crippen molar-refractivity contribution in [3.63, 3.8) is 0 Å². The van der Waals surface area contributed by atoms with Crippen molar-refractivity contribution in [2.45, 2.75) is 31.9 Å². The van der Waals surface area contributed by atoms with Gasteiger partial charge in [0, 0.05) is 19.1 Å². The van der Waals surface area contributed by atoms with Gasteiger partial charge in [-0.3, -0.25) is 0 Å². The standard InChI is InChI=1S/C20H21F3O3.O2S/c21-20(22,23)8-3-9-25-16-5-2-6-17(12-16)26-19-7-1-4-15-10-14(13-24)11-18(15)19;1-3-2/h1-2,4-7,12,14,24H,3,8-11,13H2;. The zero-order valence-corrected chi connectivity index (χ0v) is 16.3. The quantitative estimate of drug-likeness (QED) is 0.666. The number of hydrogen-bond donors (Lipinski definition) is 1. The summed E-state index contributed by atoms with van der Waals surface area (Å²) in [5, 5.41) is 9.38. The molecule has 1 N–H and O–H groups in total. The molecule has 29 heavy (non-hydrogen) atoms. The van der Waals surface area contributed by atoms with E-state index in [-0.39, 0.29) is 25.6 Å². The van der Waals surface area contributed by atoms with E-state index in [1.54, 1.807) is 24.3 Å². The predicted octanol–water partition coefficient (Wildman–Crippen LogP) is 4.24. The zero-order valence-electron chi connectivity index (χ0n) is 15.5. The fourth-order valence-corrected chi connectivity index (χ4v) is 3.15. The lowest BCUT2D eigenvalue weighted by Crippen LogP contribution is -2.09. The summed E-state index contributed by atoms with van der Waals surface area (Å²) in [5.41, 5.74) is 2.28. The maximum atomic E-state index is 12.2. The number of hydrogen-bond acceptors (Lipinski definition) is 5. The second-order valence-electron chi connectivity index (χ2n) is 6.56. The van der Waals surface area contributed by atoms with Crippen LogP contribution in [0.15, 0.2) is 42.5 Å². The van der Waals surface area contributed by atoms with Crippen molar-refractivity contribution in [1.29, 1.82) is 0 Å². The van der Waals surface area contributed by atoms with Crippen LogP contribution in [0, 0.1) is 5.92 Å². The third-order valence-corrected chi connectivity index (χ3v) is 4.40. The van der Waals surface area contributed by atoms with Crippen LogP contribution in [-0.2, 0) is 24.4 Å². The van der Waals surface area contributed by atoms with Crippen molar-refractivity contribution < 1.29 is 36.2 Å². The van der Waals surface area contributed by atoms with E-state index < -0.39 is 24.2 Å². The molecule has 1 unspecified atom stereocenters. The van der Waals surface area contributed by atoms with Crippen molar-refractivity contribution in [2.24, 2.45) is 5.92 Å². The fourth-order valence-electron chi connectivity index (χ4n) is 3.15. The monoisotopic (exact) mass is 430 g/mol. The van der Waals surface area contributed by atoms with Gasteiger partial charge in [-0.15, -0.1) is 0 Å². The molecule has 2 aromatic rings. The highest BCUT2D eigenvalue weighted by Gasteiger charge is 2.26. The van der Waals surface area contributed by atoms with Crippen molar-refractivity contribution in [2.75, 3.05) is 13.2 Å². The van der Waals surface area contributed by atoms with Crippen molar-refractivity contribution in [1.82, 2.24) is 0 Å². The average molecular weight is 430 g/mol. The molecule has 0 spiro atoms. The van der Waals surface area contributed by atoms with E-state index in [2.05, 4.69) is 0 Å². The van der Waals surface area contributed by atoms with Gasteiger partial charge in [-0.05, 0) is 54.5 Å². The Hall–Kier alpha value is -2.39. The van der Waals surface area contributed by atoms with Crippen molar-refractivity contribution in [3.05, 3.63) is 53.6 Å². The number of halogens is 3. The van der Waals surface area contributed by atoms with E-state index in [9.17, 15) is 18.3 Å². The van der Waals surface area contributed by atoms with Crippen LogP contribution in [0.4, 0.5) is 13.2 Å². The number of rotatable bonds is 7. The zero-order chi connectivity index (χ0) is 21.3. The van der Waals surface area contributed by atoms with Crippen molar-refractivity contribution >= 4 is 11.6 Å². The Balaban J connectivity index is 0.000000941. The molecule has 0 radical (unpaired) electrons. The minimum absolute atomic E-state index is 0.00186. The largest absolute Gasteiger partial charge is 0.493 e. The summed E-state index contributed by atoms with van der Waals surface area (Å²) >= 11 is -0.750. The number of aliphatic hydroxyl groups is 1. The molecule has 0 saturated carbocycles. The van der Waals surface area contributed by atoms with Crippen LogP contribution < -0.4 is 9.47 Å². The fraction of sp³-hybridized carbons (Fsp3) is 0.400. The topological polar surface area (TPSA) is 72.8 Å². The van der Waals surface area contributed by atoms with Gasteiger partial charge in [0.05, 0.1) is 6.61 Å². The molecule has 5 nitrogen and oxygen atoms in total. The van der Waals surface area contributed by atoms with Crippen LogP contribution in [0.5, 0.6) is 17.2 Å². The summed E-state index contributed by atoms with van der Waals surface area (Å²) in [5.74, 6) is 2.01. The third kappa shape index (κ3) is 7.51. The first-order valence-corrected chi connectivity index (χ1v) is 9.64. The van der Waals surface area contributed by atoms with Crippen LogP contribution in [-0.4, -0.2) is 32.9 Å². The van der Waals surface area contributed by atoms with E-state index in [1.807, 2.05) is 18.2 Å². The summed E-state index contributed by atoms with van der Waals surface area (Å²) < 4.78 is 64.4. The number of alkyl halides is 3. The lowest BCUT2D eigenvalue weighted by molar-refractivity contribution is -0.136. The highest BCUT2D eigenvalue weighted by molar-refractivity contribution is 7.51. The minimum Gasteiger partial charge on any atom is -0.493 e. The van der Waals surface area contributed by atoms with E-state index in [0.29, 0.717) is 11.5 Å². The van der Waals surface area contributed by atoms with Gasteiger partial charge in [0.25, 0.3) is 0 Å². The van der Waals surface area contributed by atoms with E-state index in [4.69, 9.17) is 17.9 Å². The minimum atomic E-state index is -4.16. The summed E-state index contributed by atoms with van der Waals surface area (Å²) in [6.45, 7) is 0.150. The second-order valence-corrected chi connectivity index (χ2v) is 6.70. The van der Waals surface area contributed by atoms with Crippen LogP contribution in [0.1, 0.15) is 24.0 Å². The highest BCUT2D eigenvalue weighted by Crippen LogP contribution is 2.36. The Morgan fingerprint density at radius 1 is 1.07 bits per heavy atom. The first-order valence-electron chi connectivity index (χ1n) is 8.97. The maximum absolute atomic E-state index is 12.2. The molecule has 1 atom stereocenters. The van der Waals surface area contributed by atoms with Gasteiger partial charge in [0.1, 0.15) is 17.2 Å². The lowest BCUT2D eigenvalue weighted by Gasteiger charge is -2.12. The SMILES string of the molecule is O=S=O.OCC1Cc2cccc(Oc3cccc(OCCCC(F)(F)F)c3)c2C1. The Morgan fingerprint density at radius 3 is 2.45 bits per heavy atom. The predicted molar refractivity (Wildman–Crippen MR) is 101 cm³/mol. The van der Waals surface area contributed by atoms with Crippen molar-refractivity contribution in [3.8, 4) is 17.2 Å². The number of benzene rings is 2. The molecule has 2 aromatic carbocycles. The van der Waals surface area contributed by atoms with E-state index >= 15 is 0 Å². The molecule has 1 aliphatic carbocycles. The molecule has 0 aromatic heterocycles. The Morgan fingerprint density at radius 2 is 1.76 bits per heavy atom. The molecule has 0 heterocycles. The van der Waals surface area contributed by atoms with Gasteiger partial charge in [0.15, 0.2) is 0 Å². The molecule has 158 valence electrons. The molecule has 0 bridgehead atoms. The molecular weight excluding hydrogens is 409 g/mol. The summed E-state index contributed by atoms with van der Waals surface area (Å²) in [4.78, 5) is 0. The number of fused-ring (bicyclic) bond motifs is 1. The normalized spacial score (nSPS) is 15.1. The molecule has 0 saturated heterocycles. The number of aliphatic hydroxyl groups excluding tert-OH is 1. The average Bonchev–Trinajstić information content (AvgIpc) is 3.10.